The average Bonchev–Trinajstić information content (AvgIpc) is 3.27. The zero-order valence-electron chi connectivity index (χ0n) is 15.7. The van der Waals surface area contributed by atoms with Crippen LogP contribution in [0.5, 0.6) is 0 Å². The van der Waals surface area contributed by atoms with Gasteiger partial charge >= 0.3 is 6.09 Å². The lowest BCUT2D eigenvalue weighted by atomic mass is 10.0. The van der Waals surface area contributed by atoms with Gasteiger partial charge in [-0.2, -0.15) is 0 Å². The van der Waals surface area contributed by atoms with E-state index in [9.17, 15) is 4.79 Å². The van der Waals surface area contributed by atoms with Gasteiger partial charge in [0.2, 0.25) is 0 Å². The fourth-order valence-electron chi connectivity index (χ4n) is 3.16. The predicted molar refractivity (Wildman–Crippen MR) is 108 cm³/mol. The quantitative estimate of drug-likeness (QED) is 0.572. The second kappa shape index (κ2) is 6.82. The molecule has 0 saturated carbocycles. The van der Waals surface area contributed by atoms with E-state index in [-0.39, 0.29) is 6.09 Å². The van der Waals surface area contributed by atoms with Crippen molar-refractivity contribution in [3.8, 4) is 21.7 Å². The molecule has 0 spiro atoms. The van der Waals surface area contributed by atoms with Crippen molar-refractivity contribution in [2.45, 2.75) is 39.5 Å². The molecule has 3 heterocycles. The molecule has 1 aromatic carbocycles. The van der Waals surface area contributed by atoms with E-state index in [0.29, 0.717) is 13.1 Å². The van der Waals surface area contributed by atoms with Crippen molar-refractivity contribution in [3.05, 3.63) is 65.2 Å². The summed E-state index contributed by atoms with van der Waals surface area (Å²) in [5.74, 6) is 0. The zero-order chi connectivity index (χ0) is 19.0. The Bertz CT molecular complexity index is 973. The summed E-state index contributed by atoms with van der Waals surface area (Å²) in [6, 6.07) is 14.6. The molecule has 1 amide bonds. The highest BCUT2D eigenvalue weighted by Crippen LogP contribution is 2.34. The minimum Gasteiger partial charge on any atom is -0.444 e. The number of amides is 1. The monoisotopic (exact) mass is 378 g/mol. The number of hydrogen-bond donors (Lipinski definition) is 0. The Labute approximate surface area is 163 Å². The van der Waals surface area contributed by atoms with Crippen molar-refractivity contribution in [2.24, 2.45) is 0 Å². The van der Waals surface area contributed by atoms with Crippen molar-refractivity contribution in [3.63, 3.8) is 0 Å². The average molecular weight is 378 g/mol. The molecule has 0 unspecified atom stereocenters. The van der Waals surface area contributed by atoms with Crippen molar-refractivity contribution in [2.75, 3.05) is 0 Å². The molecule has 1 aliphatic rings. The van der Waals surface area contributed by atoms with Gasteiger partial charge in [-0.15, -0.1) is 11.3 Å². The van der Waals surface area contributed by atoms with Gasteiger partial charge in [0.1, 0.15) is 5.60 Å². The molecule has 0 saturated heterocycles. The normalized spacial score (nSPS) is 13.5. The van der Waals surface area contributed by atoms with Crippen LogP contribution in [-0.4, -0.2) is 21.6 Å². The number of carbonyl (C=O) groups excluding carboxylic acids is 1. The maximum absolute atomic E-state index is 12.3. The highest BCUT2D eigenvalue weighted by atomic mass is 32.1. The van der Waals surface area contributed by atoms with E-state index >= 15 is 0 Å². The first-order chi connectivity index (χ1) is 12.9. The number of fused-ring (bicyclic) bond motifs is 1. The lowest BCUT2D eigenvalue weighted by Gasteiger charge is -2.24. The fraction of sp³-hybridized carbons (Fsp3) is 0.273. The molecule has 1 aliphatic heterocycles. The molecule has 0 radical (unpaired) electrons. The van der Waals surface area contributed by atoms with Gasteiger partial charge in [-0.3, -0.25) is 9.88 Å². The van der Waals surface area contributed by atoms with Crippen LogP contribution in [0.25, 0.3) is 21.7 Å². The van der Waals surface area contributed by atoms with Crippen LogP contribution in [0.4, 0.5) is 4.79 Å². The second-order valence-electron chi connectivity index (χ2n) is 7.73. The van der Waals surface area contributed by atoms with Crippen LogP contribution in [0.15, 0.2) is 54.0 Å². The van der Waals surface area contributed by atoms with Crippen LogP contribution in [0.3, 0.4) is 0 Å². The number of benzene rings is 1. The lowest BCUT2D eigenvalue weighted by molar-refractivity contribution is 0.0242. The third-order valence-electron chi connectivity index (χ3n) is 4.43. The molecule has 0 aliphatic carbocycles. The van der Waals surface area contributed by atoms with Crippen LogP contribution in [0.2, 0.25) is 0 Å². The smallest absolute Gasteiger partial charge is 0.410 e. The number of ether oxygens (including phenoxy) is 1. The summed E-state index contributed by atoms with van der Waals surface area (Å²) in [4.78, 5) is 19.7. The van der Waals surface area contributed by atoms with E-state index in [1.165, 1.54) is 22.3 Å². The minimum absolute atomic E-state index is 0.256. The first-order valence-electron chi connectivity index (χ1n) is 8.99. The highest BCUT2D eigenvalue weighted by molar-refractivity contribution is 7.14. The topological polar surface area (TPSA) is 42.4 Å². The van der Waals surface area contributed by atoms with Crippen molar-refractivity contribution >= 4 is 17.4 Å². The molecule has 5 heteroatoms. The molecule has 4 rings (SSSR count). The summed E-state index contributed by atoms with van der Waals surface area (Å²) in [6.45, 7) is 6.87. The fourth-order valence-corrected chi connectivity index (χ4v) is 4.05. The summed E-state index contributed by atoms with van der Waals surface area (Å²) in [6.07, 6.45) is 1.56. The van der Waals surface area contributed by atoms with E-state index in [0.717, 1.165) is 10.6 Å². The number of rotatable bonds is 2. The molecule has 2 aromatic heterocycles. The van der Waals surface area contributed by atoms with Crippen molar-refractivity contribution in [1.29, 1.82) is 0 Å². The summed E-state index contributed by atoms with van der Waals surface area (Å²) in [5, 5.41) is 2.16. The van der Waals surface area contributed by atoms with Crippen molar-refractivity contribution in [1.82, 2.24) is 9.88 Å². The predicted octanol–water partition coefficient (Wildman–Crippen LogP) is 5.73. The number of nitrogens with zero attached hydrogens (tertiary/aromatic N) is 2. The van der Waals surface area contributed by atoms with E-state index in [1.807, 2.05) is 45.2 Å². The SMILES string of the molecule is CC(C)(C)OC(=O)N1Cc2ccc(-c3csc(-c4ccccn4)c3)cc2C1. The van der Waals surface area contributed by atoms with E-state index < -0.39 is 5.60 Å². The van der Waals surface area contributed by atoms with Gasteiger partial charge < -0.3 is 4.74 Å². The van der Waals surface area contributed by atoms with Gasteiger partial charge in [0.15, 0.2) is 0 Å². The molecule has 0 fully saturated rings. The number of carbonyl (C=O) groups is 1. The number of aromatic nitrogens is 1. The van der Waals surface area contributed by atoms with Crippen LogP contribution in [0.1, 0.15) is 31.9 Å². The zero-order valence-corrected chi connectivity index (χ0v) is 16.5. The van der Waals surface area contributed by atoms with Crippen LogP contribution in [-0.2, 0) is 17.8 Å². The van der Waals surface area contributed by atoms with Gasteiger partial charge in [-0.25, -0.2) is 4.79 Å². The highest BCUT2D eigenvalue weighted by Gasteiger charge is 2.27. The molecular formula is C22H22N2O2S. The molecule has 138 valence electrons. The maximum atomic E-state index is 12.3. The molecule has 27 heavy (non-hydrogen) atoms. The summed E-state index contributed by atoms with van der Waals surface area (Å²) in [7, 11) is 0. The first-order valence-corrected chi connectivity index (χ1v) is 9.87. The van der Waals surface area contributed by atoms with Crippen LogP contribution >= 0.6 is 11.3 Å². The van der Waals surface area contributed by atoms with E-state index in [4.69, 9.17) is 4.74 Å². The summed E-state index contributed by atoms with van der Waals surface area (Å²) >= 11 is 1.70. The minimum atomic E-state index is -0.477. The largest absolute Gasteiger partial charge is 0.444 e. The molecule has 3 aromatic rings. The number of pyridine rings is 1. The molecule has 4 nitrogen and oxygen atoms in total. The molecular weight excluding hydrogens is 356 g/mol. The first kappa shape index (κ1) is 17.7. The van der Waals surface area contributed by atoms with E-state index in [2.05, 4.69) is 34.6 Å². The van der Waals surface area contributed by atoms with Gasteiger partial charge in [0.25, 0.3) is 0 Å². The Morgan fingerprint density at radius 1 is 1.07 bits per heavy atom. The Hall–Kier alpha value is -2.66. The van der Waals surface area contributed by atoms with Gasteiger partial charge in [0, 0.05) is 19.3 Å². The summed E-state index contributed by atoms with van der Waals surface area (Å²) in [5.41, 5.74) is 5.23. The van der Waals surface area contributed by atoms with E-state index in [1.54, 1.807) is 16.2 Å². The number of hydrogen-bond acceptors (Lipinski definition) is 4. The third kappa shape index (κ3) is 3.88. The van der Waals surface area contributed by atoms with Gasteiger partial charge in [0.05, 0.1) is 10.6 Å². The van der Waals surface area contributed by atoms with Crippen molar-refractivity contribution < 1.29 is 9.53 Å². The summed E-state index contributed by atoms with van der Waals surface area (Å²) < 4.78 is 5.50. The van der Waals surface area contributed by atoms with Gasteiger partial charge in [-0.1, -0.05) is 18.2 Å². The van der Waals surface area contributed by atoms with Crippen LogP contribution < -0.4 is 0 Å². The van der Waals surface area contributed by atoms with Gasteiger partial charge in [-0.05, 0) is 72.7 Å². The third-order valence-corrected chi connectivity index (χ3v) is 5.38. The molecule has 0 bridgehead atoms. The standard InChI is InChI=1S/C22H22N2O2S/c1-22(2,3)26-21(25)24-12-16-8-7-15(10-17(16)13-24)18-11-20(27-14-18)19-6-4-5-9-23-19/h4-11,14H,12-13H2,1-3H3. The second-order valence-corrected chi connectivity index (χ2v) is 8.65. The molecule has 0 N–H and O–H groups in total. The Balaban J connectivity index is 1.53. The lowest BCUT2D eigenvalue weighted by Crippen LogP contribution is -2.33. The maximum Gasteiger partial charge on any atom is 0.410 e. The Morgan fingerprint density at radius 2 is 1.89 bits per heavy atom. The number of thiophene rings is 1. The molecule has 0 atom stereocenters. The Morgan fingerprint density at radius 3 is 2.63 bits per heavy atom. The Kier molecular flexibility index (Phi) is 4.48. The van der Waals surface area contributed by atoms with Crippen LogP contribution in [0, 0.1) is 0 Å².